The lowest BCUT2D eigenvalue weighted by atomic mass is 10.1. The third-order valence-electron chi connectivity index (χ3n) is 4.37. The van der Waals surface area contributed by atoms with Crippen LogP contribution in [0.5, 0.6) is 0 Å². The Labute approximate surface area is 178 Å². The average molecular weight is 426 g/mol. The molecule has 0 fully saturated rings. The van der Waals surface area contributed by atoms with Gasteiger partial charge in [0.15, 0.2) is 0 Å². The first-order valence-electron chi connectivity index (χ1n) is 9.68. The molecule has 0 saturated carbocycles. The van der Waals surface area contributed by atoms with Crippen molar-refractivity contribution in [3.05, 3.63) is 83.7 Å². The summed E-state index contributed by atoms with van der Waals surface area (Å²) in [7, 11) is 0. The van der Waals surface area contributed by atoms with Crippen LogP contribution in [0.25, 0.3) is 5.69 Å². The zero-order chi connectivity index (χ0) is 22.1. The maximum atomic E-state index is 12.5. The minimum atomic E-state index is -4.37. The van der Waals surface area contributed by atoms with Crippen molar-refractivity contribution in [3.63, 3.8) is 0 Å². The molecule has 0 atom stereocenters. The number of halogens is 3. The molecule has 0 radical (unpaired) electrons. The normalized spacial score (nSPS) is 10.8. The van der Waals surface area contributed by atoms with Crippen LogP contribution in [0.3, 0.4) is 0 Å². The molecule has 31 heavy (non-hydrogen) atoms. The number of urea groups is 1. The van der Waals surface area contributed by atoms with E-state index in [1.54, 1.807) is 0 Å². The number of hydrogen-bond acceptors (Lipinski definition) is 2. The SMILES string of the molecule is O=C(NCC#Cc1ccc(C(F)(F)F)cc1)NCCCc1cnn(-c2ccccc2)c1. The highest BCUT2D eigenvalue weighted by atomic mass is 19.4. The molecule has 1 heterocycles. The van der Waals surface area contributed by atoms with E-state index in [4.69, 9.17) is 0 Å². The standard InChI is InChI=1S/C23H21F3N4O/c24-23(25,26)20-12-10-18(11-13-20)6-4-14-27-22(31)28-15-5-7-19-16-29-30(17-19)21-8-2-1-3-9-21/h1-3,8-13,16-17H,5,7,14-15H2,(H2,27,28,31). The number of aromatic nitrogens is 2. The fraction of sp³-hybridized carbons (Fsp3) is 0.217. The molecule has 2 N–H and O–H groups in total. The van der Waals surface area contributed by atoms with E-state index >= 15 is 0 Å². The summed E-state index contributed by atoms with van der Waals surface area (Å²) in [4.78, 5) is 11.8. The van der Waals surface area contributed by atoms with Crippen LogP contribution < -0.4 is 10.6 Å². The third-order valence-corrected chi connectivity index (χ3v) is 4.37. The molecule has 160 valence electrons. The number of aryl methyl sites for hydroxylation is 1. The van der Waals surface area contributed by atoms with Gasteiger partial charge in [0.1, 0.15) is 0 Å². The van der Waals surface area contributed by atoms with E-state index in [0.29, 0.717) is 12.1 Å². The van der Waals surface area contributed by atoms with E-state index in [-0.39, 0.29) is 12.6 Å². The van der Waals surface area contributed by atoms with Crippen molar-refractivity contribution < 1.29 is 18.0 Å². The summed E-state index contributed by atoms with van der Waals surface area (Å²) >= 11 is 0. The van der Waals surface area contributed by atoms with Gasteiger partial charge in [-0.3, -0.25) is 0 Å². The molecule has 1 aromatic heterocycles. The van der Waals surface area contributed by atoms with Crippen LogP contribution in [0.1, 0.15) is 23.1 Å². The predicted molar refractivity (Wildman–Crippen MR) is 112 cm³/mol. The van der Waals surface area contributed by atoms with Gasteiger partial charge in [0, 0.05) is 18.3 Å². The number of para-hydroxylation sites is 1. The summed E-state index contributed by atoms with van der Waals surface area (Å²) in [6.45, 7) is 0.589. The topological polar surface area (TPSA) is 59.0 Å². The van der Waals surface area contributed by atoms with Crippen molar-refractivity contribution in [2.75, 3.05) is 13.1 Å². The Hall–Kier alpha value is -3.73. The van der Waals surface area contributed by atoms with E-state index in [9.17, 15) is 18.0 Å². The zero-order valence-corrected chi connectivity index (χ0v) is 16.6. The minimum Gasteiger partial charge on any atom is -0.338 e. The van der Waals surface area contributed by atoms with Crippen molar-refractivity contribution in [1.29, 1.82) is 0 Å². The fourth-order valence-electron chi connectivity index (χ4n) is 2.78. The van der Waals surface area contributed by atoms with Crippen molar-refractivity contribution in [3.8, 4) is 17.5 Å². The molecule has 2 amide bonds. The number of nitrogens with zero attached hydrogens (tertiary/aromatic N) is 2. The number of rotatable bonds is 6. The van der Waals surface area contributed by atoms with Crippen LogP contribution >= 0.6 is 0 Å². The highest BCUT2D eigenvalue weighted by Crippen LogP contribution is 2.28. The second kappa shape index (κ2) is 10.3. The van der Waals surface area contributed by atoms with E-state index in [1.165, 1.54) is 12.1 Å². The summed E-state index contributed by atoms with van der Waals surface area (Å²) in [5, 5.41) is 9.67. The van der Waals surface area contributed by atoms with E-state index < -0.39 is 11.7 Å². The minimum absolute atomic E-state index is 0.0940. The molecule has 0 spiro atoms. The van der Waals surface area contributed by atoms with E-state index in [1.807, 2.05) is 47.4 Å². The summed E-state index contributed by atoms with van der Waals surface area (Å²) in [6.07, 6.45) is 0.941. The molecule has 0 aliphatic rings. The first-order valence-corrected chi connectivity index (χ1v) is 9.68. The van der Waals surface area contributed by atoms with Gasteiger partial charge >= 0.3 is 12.2 Å². The van der Waals surface area contributed by atoms with Gasteiger partial charge < -0.3 is 10.6 Å². The molecule has 3 rings (SSSR count). The van der Waals surface area contributed by atoms with Crippen molar-refractivity contribution >= 4 is 6.03 Å². The molecule has 0 aliphatic heterocycles. The summed E-state index contributed by atoms with van der Waals surface area (Å²) in [5.74, 6) is 5.43. The van der Waals surface area contributed by atoms with Gasteiger partial charge in [-0.2, -0.15) is 18.3 Å². The van der Waals surface area contributed by atoms with Crippen molar-refractivity contribution in [2.24, 2.45) is 0 Å². The maximum Gasteiger partial charge on any atom is 0.416 e. The Morgan fingerprint density at radius 2 is 1.77 bits per heavy atom. The van der Waals surface area contributed by atoms with Gasteiger partial charge in [-0.05, 0) is 54.8 Å². The lowest BCUT2D eigenvalue weighted by Gasteiger charge is -2.05. The Morgan fingerprint density at radius 1 is 1.03 bits per heavy atom. The molecule has 0 unspecified atom stereocenters. The summed E-state index contributed by atoms with van der Waals surface area (Å²) in [5.41, 5.74) is 1.80. The Balaban J connectivity index is 1.33. The molecular formula is C23H21F3N4O. The number of hydrogen-bond donors (Lipinski definition) is 2. The number of alkyl halides is 3. The van der Waals surface area contributed by atoms with Crippen LogP contribution in [-0.2, 0) is 12.6 Å². The van der Waals surface area contributed by atoms with Crippen LogP contribution in [0.4, 0.5) is 18.0 Å². The second-order valence-electron chi connectivity index (χ2n) is 6.72. The maximum absolute atomic E-state index is 12.5. The highest BCUT2D eigenvalue weighted by molar-refractivity contribution is 5.74. The Morgan fingerprint density at radius 3 is 2.48 bits per heavy atom. The van der Waals surface area contributed by atoms with Gasteiger partial charge in [-0.1, -0.05) is 30.0 Å². The molecule has 3 aromatic rings. The smallest absolute Gasteiger partial charge is 0.338 e. The highest BCUT2D eigenvalue weighted by Gasteiger charge is 2.29. The van der Waals surface area contributed by atoms with Gasteiger partial charge in [-0.15, -0.1) is 0 Å². The van der Waals surface area contributed by atoms with Crippen LogP contribution in [0.2, 0.25) is 0 Å². The van der Waals surface area contributed by atoms with E-state index in [0.717, 1.165) is 36.2 Å². The van der Waals surface area contributed by atoms with Gasteiger partial charge in [-0.25, -0.2) is 9.48 Å². The number of carbonyl (C=O) groups is 1. The number of benzene rings is 2. The van der Waals surface area contributed by atoms with Gasteiger partial charge in [0.2, 0.25) is 0 Å². The molecule has 0 aliphatic carbocycles. The summed E-state index contributed by atoms with van der Waals surface area (Å²) < 4.78 is 39.4. The molecule has 8 heteroatoms. The number of amides is 2. The van der Waals surface area contributed by atoms with Crippen LogP contribution in [-0.4, -0.2) is 28.9 Å². The van der Waals surface area contributed by atoms with Crippen molar-refractivity contribution in [2.45, 2.75) is 19.0 Å². The van der Waals surface area contributed by atoms with Crippen molar-refractivity contribution in [1.82, 2.24) is 20.4 Å². The first-order chi connectivity index (χ1) is 14.9. The quantitative estimate of drug-likeness (QED) is 0.459. The second-order valence-corrected chi connectivity index (χ2v) is 6.72. The monoisotopic (exact) mass is 426 g/mol. The van der Waals surface area contributed by atoms with Gasteiger partial charge in [0.25, 0.3) is 0 Å². The molecular weight excluding hydrogens is 405 g/mol. The zero-order valence-electron chi connectivity index (χ0n) is 16.6. The van der Waals surface area contributed by atoms with Gasteiger partial charge in [0.05, 0.1) is 24.0 Å². The Kier molecular flexibility index (Phi) is 7.33. The van der Waals surface area contributed by atoms with E-state index in [2.05, 4.69) is 27.6 Å². The molecule has 0 bridgehead atoms. The van der Waals surface area contributed by atoms with Crippen LogP contribution in [0.15, 0.2) is 67.0 Å². The largest absolute Gasteiger partial charge is 0.416 e. The van der Waals surface area contributed by atoms with Crippen LogP contribution in [0, 0.1) is 11.8 Å². The third kappa shape index (κ3) is 6.93. The first kappa shape index (κ1) is 22.0. The molecule has 0 saturated heterocycles. The Bertz CT molecular complexity index is 1050. The fourth-order valence-corrected chi connectivity index (χ4v) is 2.78. The number of nitrogens with one attached hydrogen (secondary N) is 2. The predicted octanol–water partition coefficient (Wildman–Crippen LogP) is 4.17. The average Bonchev–Trinajstić information content (AvgIpc) is 3.24. The molecule has 5 nitrogen and oxygen atoms in total. The number of carbonyl (C=O) groups excluding carboxylic acids is 1. The molecule has 2 aromatic carbocycles. The lowest BCUT2D eigenvalue weighted by Crippen LogP contribution is -2.36. The lowest BCUT2D eigenvalue weighted by molar-refractivity contribution is -0.137. The summed E-state index contributed by atoms with van der Waals surface area (Å²) in [6, 6.07) is 14.0.